The van der Waals surface area contributed by atoms with Crippen molar-refractivity contribution in [3.63, 3.8) is 0 Å². The molecule has 2 heterocycles. The molecule has 2 atom stereocenters. The van der Waals surface area contributed by atoms with E-state index in [9.17, 15) is 4.79 Å². The van der Waals surface area contributed by atoms with Gasteiger partial charge >= 0.3 is 0 Å². The van der Waals surface area contributed by atoms with E-state index < -0.39 is 0 Å². The van der Waals surface area contributed by atoms with Crippen molar-refractivity contribution < 1.29 is 4.79 Å². The van der Waals surface area contributed by atoms with Crippen LogP contribution in [0.15, 0.2) is 71.3 Å². The molecule has 1 saturated heterocycles. The summed E-state index contributed by atoms with van der Waals surface area (Å²) >= 11 is 0. The molecule has 0 radical (unpaired) electrons. The van der Waals surface area contributed by atoms with Gasteiger partial charge in [0.15, 0.2) is 0 Å². The number of hydrogen-bond donors (Lipinski definition) is 0. The van der Waals surface area contributed by atoms with Crippen LogP contribution in [0.4, 0.5) is 0 Å². The molecule has 4 heteroatoms. The van der Waals surface area contributed by atoms with E-state index in [-0.39, 0.29) is 17.9 Å². The molecule has 2 aromatic carbocycles. The third kappa shape index (κ3) is 4.42. The van der Waals surface area contributed by atoms with Gasteiger partial charge in [-0.25, -0.2) is 5.01 Å². The molecule has 0 N–H and O–H groups in total. The summed E-state index contributed by atoms with van der Waals surface area (Å²) in [6.45, 7) is 4.80. The maximum Gasteiger partial charge on any atom is 0.257 e. The van der Waals surface area contributed by atoms with E-state index in [1.807, 2.05) is 17.1 Å². The predicted octanol–water partition coefficient (Wildman–Crippen LogP) is 5.54. The summed E-state index contributed by atoms with van der Waals surface area (Å²) < 4.78 is 0. The smallest absolute Gasteiger partial charge is 0.257 e. The molecule has 0 unspecified atom stereocenters. The molecule has 0 bridgehead atoms. The Morgan fingerprint density at radius 1 is 1.00 bits per heavy atom. The molecule has 166 valence electrons. The SMILES string of the molecule is CC1CCN(CC(=O)N2N=C3/C(=C/c4ccccc4)CCC[C@H]3[C@@H]2c2ccccc2)CC1. The van der Waals surface area contributed by atoms with Crippen LogP contribution in [0.25, 0.3) is 6.08 Å². The fourth-order valence-electron chi connectivity index (χ4n) is 5.42. The largest absolute Gasteiger partial charge is 0.294 e. The highest BCUT2D eigenvalue weighted by atomic mass is 16.2. The van der Waals surface area contributed by atoms with E-state index in [1.165, 1.54) is 29.5 Å². The maximum atomic E-state index is 13.5. The summed E-state index contributed by atoms with van der Waals surface area (Å²) in [5, 5.41) is 6.86. The van der Waals surface area contributed by atoms with E-state index in [4.69, 9.17) is 5.10 Å². The Hall–Kier alpha value is -2.72. The van der Waals surface area contributed by atoms with Crippen LogP contribution in [-0.4, -0.2) is 41.2 Å². The number of carbonyl (C=O) groups is 1. The third-order valence-electron chi connectivity index (χ3n) is 7.27. The minimum Gasteiger partial charge on any atom is -0.294 e. The van der Waals surface area contributed by atoms with Gasteiger partial charge in [-0.15, -0.1) is 0 Å². The second-order valence-corrected chi connectivity index (χ2v) is 9.62. The first-order chi connectivity index (χ1) is 15.7. The topological polar surface area (TPSA) is 35.9 Å². The molecular weight excluding hydrogens is 394 g/mol. The van der Waals surface area contributed by atoms with Gasteiger partial charge in [-0.1, -0.05) is 67.6 Å². The lowest BCUT2D eigenvalue weighted by Crippen LogP contribution is -2.42. The Bertz CT molecular complexity index is 990. The number of nitrogens with zero attached hydrogens (tertiary/aromatic N) is 3. The van der Waals surface area contributed by atoms with Crippen LogP contribution in [-0.2, 0) is 4.79 Å². The number of likely N-dealkylation sites (tertiary alicyclic amines) is 1. The summed E-state index contributed by atoms with van der Waals surface area (Å²) in [7, 11) is 0. The molecular formula is C28H33N3O. The first-order valence-electron chi connectivity index (χ1n) is 12.1. The summed E-state index contributed by atoms with van der Waals surface area (Å²) in [4.78, 5) is 15.9. The number of amides is 1. The molecule has 5 rings (SSSR count). The van der Waals surface area contributed by atoms with Gasteiger partial charge in [-0.3, -0.25) is 9.69 Å². The summed E-state index contributed by atoms with van der Waals surface area (Å²) in [6.07, 6.45) is 7.87. The number of benzene rings is 2. The van der Waals surface area contributed by atoms with E-state index in [2.05, 4.69) is 66.4 Å². The van der Waals surface area contributed by atoms with Gasteiger partial charge in [0.25, 0.3) is 5.91 Å². The van der Waals surface area contributed by atoms with E-state index in [1.54, 1.807) is 0 Å². The minimum atomic E-state index is 0.00175. The molecule has 2 fully saturated rings. The molecule has 2 aromatic rings. The minimum absolute atomic E-state index is 0.00175. The van der Waals surface area contributed by atoms with Crippen molar-refractivity contribution in [1.29, 1.82) is 0 Å². The van der Waals surface area contributed by atoms with Crippen molar-refractivity contribution in [1.82, 2.24) is 9.91 Å². The van der Waals surface area contributed by atoms with Gasteiger partial charge in [-0.2, -0.15) is 5.10 Å². The number of hydrazone groups is 1. The lowest BCUT2D eigenvalue weighted by atomic mass is 9.77. The van der Waals surface area contributed by atoms with Crippen LogP contribution in [0.1, 0.15) is 56.2 Å². The normalized spacial score (nSPS) is 25.6. The number of carbonyl (C=O) groups excluding carboxylic acids is 1. The maximum absolute atomic E-state index is 13.5. The molecule has 2 aliphatic heterocycles. The molecule has 1 amide bonds. The molecule has 32 heavy (non-hydrogen) atoms. The van der Waals surface area contributed by atoms with Crippen molar-refractivity contribution in [2.24, 2.45) is 16.9 Å². The first-order valence-corrected chi connectivity index (χ1v) is 12.1. The van der Waals surface area contributed by atoms with E-state index in [0.717, 1.165) is 44.0 Å². The van der Waals surface area contributed by atoms with Crippen molar-refractivity contribution in [2.75, 3.05) is 19.6 Å². The molecule has 0 spiro atoms. The molecule has 1 aliphatic carbocycles. The number of hydrogen-bond acceptors (Lipinski definition) is 3. The second kappa shape index (κ2) is 9.41. The zero-order chi connectivity index (χ0) is 21.9. The predicted molar refractivity (Wildman–Crippen MR) is 130 cm³/mol. The van der Waals surface area contributed by atoms with Crippen molar-refractivity contribution in [3.05, 3.63) is 77.4 Å². The highest BCUT2D eigenvalue weighted by Gasteiger charge is 2.43. The monoisotopic (exact) mass is 427 g/mol. The third-order valence-corrected chi connectivity index (χ3v) is 7.27. The fraction of sp³-hybridized carbons (Fsp3) is 0.429. The Morgan fingerprint density at radius 2 is 1.69 bits per heavy atom. The lowest BCUT2D eigenvalue weighted by Gasteiger charge is -2.33. The Kier molecular flexibility index (Phi) is 6.22. The van der Waals surface area contributed by atoms with Gasteiger partial charge in [-0.05, 0) is 73.9 Å². The molecule has 0 aromatic heterocycles. The standard InChI is InChI=1S/C28H33N3O/c1-21-15-17-30(18-16-21)20-26(32)31-28(23-11-6-3-7-12-23)25-14-8-13-24(27(25)29-31)19-22-9-4-2-5-10-22/h2-7,9-12,19,21,25,28H,8,13-18,20H2,1H3/b24-19+/t25-,28+/m1/s1. The Balaban J connectivity index is 1.45. The highest BCUT2D eigenvalue weighted by molar-refractivity contribution is 6.08. The van der Waals surface area contributed by atoms with Gasteiger partial charge in [0.05, 0.1) is 18.3 Å². The summed E-state index contributed by atoms with van der Waals surface area (Å²) in [5.41, 5.74) is 4.80. The number of allylic oxidation sites excluding steroid dienone is 1. The van der Waals surface area contributed by atoms with Crippen molar-refractivity contribution >= 4 is 17.7 Å². The van der Waals surface area contributed by atoms with Crippen molar-refractivity contribution in [3.8, 4) is 0 Å². The van der Waals surface area contributed by atoms with Crippen LogP contribution < -0.4 is 0 Å². The Morgan fingerprint density at radius 3 is 2.41 bits per heavy atom. The zero-order valence-electron chi connectivity index (χ0n) is 19.0. The first kappa shape index (κ1) is 21.1. The van der Waals surface area contributed by atoms with Crippen LogP contribution in [0, 0.1) is 11.8 Å². The molecule has 3 aliphatic rings. The van der Waals surface area contributed by atoms with E-state index >= 15 is 0 Å². The lowest BCUT2D eigenvalue weighted by molar-refractivity contribution is -0.135. The second-order valence-electron chi connectivity index (χ2n) is 9.62. The number of rotatable bonds is 4. The average molecular weight is 428 g/mol. The van der Waals surface area contributed by atoms with E-state index in [0.29, 0.717) is 6.54 Å². The molecule has 1 saturated carbocycles. The van der Waals surface area contributed by atoms with Gasteiger partial charge < -0.3 is 0 Å². The zero-order valence-corrected chi connectivity index (χ0v) is 19.0. The fourth-order valence-corrected chi connectivity index (χ4v) is 5.42. The average Bonchev–Trinajstić information content (AvgIpc) is 3.23. The highest BCUT2D eigenvalue weighted by Crippen LogP contribution is 2.44. The van der Waals surface area contributed by atoms with Crippen LogP contribution >= 0.6 is 0 Å². The number of fused-ring (bicyclic) bond motifs is 1. The summed E-state index contributed by atoms with van der Waals surface area (Å²) in [5.74, 6) is 1.17. The van der Waals surface area contributed by atoms with Gasteiger partial charge in [0, 0.05) is 5.92 Å². The quantitative estimate of drug-likeness (QED) is 0.642. The van der Waals surface area contributed by atoms with Crippen LogP contribution in [0.5, 0.6) is 0 Å². The number of piperidine rings is 1. The summed E-state index contributed by atoms with van der Waals surface area (Å²) in [6, 6.07) is 21.0. The van der Waals surface area contributed by atoms with Crippen LogP contribution in [0.2, 0.25) is 0 Å². The van der Waals surface area contributed by atoms with Gasteiger partial charge in [0.2, 0.25) is 0 Å². The Labute approximate surface area is 191 Å². The van der Waals surface area contributed by atoms with Gasteiger partial charge in [0.1, 0.15) is 0 Å². The van der Waals surface area contributed by atoms with Crippen LogP contribution in [0.3, 0.4) is 0 Å². The van der Waals surface area contributed by atoms with Crippen molar-refractivity contribution in [2.45, 2.75) is 45.1 Å². The molecule has 4 nitrogen and oxygen atoms in total.